The van der Waals surface area contributed by atoms with Crippen LogP contribution in [0.3, 0.4) is 0 Å². The first-order valence-electron chi connectivity index (χ1n) is 5.98. The van der Waals surface area contributed by atoms with Gasteiger partial charge in [-0.3, -0.25) is 0 Å². The number of aromatic nitrogens is 2. The fourth-order valence-corrected chi connectivity index (χ4v) is 2.24. The minimum absolute atomic E-state index is 0.502. The van der Waals surface area contributed by atoms with Crippen LogP contribution in [0.4, 0.5) is 5.82 Å². The van der Waals surface area contributed by atoms with E-state index in [1.165, 1.54) is 0 Å². The highest BCUT2D eigenvalue weighted by molar-refractivity contribution is 7.13. The summed E-state index contributed by atoms with van der Waals surface area (Å²) in [6.07, 6.45) is 1.07. The Morgan fingerprint density at radius 2 is 2.28 bits per heavy atom. The van der Waals surface area contributed by atoms with E-state index in [4.69, 9.17) is 4.74 Å². The number of hydrogen-bond donors (Lipinski definition) is 1. The number of nitrogens with one attached hydrogen (secondary N) is 1. The number of anilines is 1. The summed E-state index contributed by atoms with van der Waals surface area (Å²) < 4.78 is 5.15. The second-order valence-corrected chi connectivity index (χ2v) is 4.85. The van der Waals surface area contributed by atoms with E-state index in [1.54, 1.807) is 18.4 Å². The predicted molar refractivity (Wildman–Crippen MR) is 74.8 cm³/mol. The Morgan fingerprint density at radius 1 is 1.39 bits per heavy atom. The lowest BCUT2D eigenvalue weighted by molar-refractivity contribution is 0.181. The van der Waals surface area contributed by atoms with Gasteiger partial charge in [-0.25, -0.2) is 9.97 Å². The Labute approximate surface area is 111 Å². The fraction of sp³-hybridized carbons (Fsp3) is 0.385. The molecule has 96 valence electrons. The van der Waals surface area contributed by atoms with Gasteiger partial charge in [-0.2, -0.15) is 0 Å². The molecule has 0 unspecified atom stereocenters. The lowest BCUT2D eigenvalue weighted by atomic mass is 10.3. The molecule has 0 aliphatic carbocycles. The molecule has 0 aliphatic heterocycles. The highest BCUT2D eigenvalue weighted by Gasteiger charge is 2.07. The molecule has 0 aromatic carbocycles. The molecule has 0 bridgehead atoms. The van der Waals surface area contributed by atoms with Gasteiger partial charge in [-0.15, -0.1) is 11.3 Å². The molecule has 5 heteroatoms. The molecular formula is C13H17N3OS. The fourth-order valence-electron chi connectivity index (χ4n) is 1.58. The van der Waals surface area contributed by atoms with Crippen LogP contribution >= 0.6 is 11.3 Å². The van der Waals surface area contributed by atoms with Crippen LogP contribution in [0.25, 0.3) is 10.7 Å². The van der Waals surface area contributed by atoms with Crippen molar-refractivity contribution in [2.45, 2.75) is 20.0 Å². The molecule has 0 spiro atoms. The summed E-state index contributed by atoms with van der Waals surface area (Å²) in [5, 5.41) is 5.32. The normalized spacial score (nSPS) is 10.6. The zero-order valence-electron chi connectivity index (χ0n) is 10.6. The molecule has 0 amide bonds. The minimum atomic E-state index is 0.502. The zero-order valence-corrected chi connectivity index (χ0v) is 11.5. The van der Waals surface area contributed by atoms with Crippen LogP contribution in [0, 0.1) is 0 Å². The third-order valence-corrected chi connectivity index (χ3v) is 3.23. The van der Waals surface area contributed by atoms with Crippen molar-refractivity contribution in [2.75, 3.05) is 19.0 Å². The van der Waals surface area contributed by atoms with Crippen molar-refractivity contribution >= 4 is 17.2 Å². The monoisotopic (exact) mass is 263 g/mol. The van der Waals surface area contributed by atoms with E-state index in [1.807, 2.05) is 23.6 Å². The average Bonchev–Trinajstić information content (AvgIpc) is 2.90. The molecule has 0 atom stereocenters. The molecule has 2 aromatic rings. The summed E-state index contributed by atoms with van der Waals surface area (Å²) in [7, 11) is 1.67. The smallest absolute Gasteiger partial charge is 0.171 e. The highest BCUT2D eigenvalue weighted by atomic mass is 32.1. The molecule has 2 heterocycles. The lowest BCUT2D eigenvalue weighted by Gasteiger charge is -2.08. The Hall–Kier alpha value is -1.46. The van der Waals surface area contributed by atoms with Crippen molar-refractivity contribution in [3.8, 4) is 10.7 Å². The maximum Gasteiger partial charge on any atom is 0.171 e. The predicted octanol–water partition coefficient (Wildman–Crippen LogP) is 3.17. The maximum absolute atomic E-state index is 5.15. The summed E-state index contributed by atoms with van der Waals surface area (Å²) in [5.74, 6) is 1.63. The standard InChI is InChI=1S/C13H17N3OS/c1-3-6-14-12-8-10(9-17-2)15-13(16-12)11-5-4-7-18-11/h4-5,7-8H,3,6,9H2,1-2H3,(H,14,15,16). The molecule has 1 N–H and O–H groups in total. The Balaban J connectivity index is 2.30. The third kappa shape index (κ3) is 3.27. The summed E-state index contributed by atoms with van der Waals surface area (Å²) in [4.78, 5) is 10.1. The number of hydrogen-bond acceptors (Lipinski definition) is 5. The SMILES string of the molecule is CCCNc1cc(COC)nc(-c2cccs2)n1. The maximum atomic E-state index is 5.15. The van der Waals surface area contributed by atoms with Crippen LogP contribution in [0.1, 0.15) is 19.0 Å². The average molecular weight is 263 g/mol. The van der Waals surface area contributed by atoms with E-state index in [9.17, 15) is 0 Å². The number of methoxy groups -OCH3 is 1. The Bertz CT molecular complexity index is 485. The number of thiophene rings is 1. The second-order valence-electron chi connectivity index (χ2n) is 3.91. The van der Waals surface area contributed by atoms with E-state index in [0.717, 1.165) is 35.2 Å². The first-order chi connectivity index (χ1) is 8.83. The number of nitrogens with zero attached hydrogens (tertiary/aromatic N) is 2. The van der Waals surface area contributed by atoms with Gasteiger partial charge in [0.15, 0.2) is 5.82 Å². The molecular weight excluding hydrogens is 246 g/mol. The Kier molecular flexibility index (Phi) is 4.66. The second kappa shape index (κ2) is 6.47. The zero-order chi connectivity index (χ0) is 12.8. The van der Waals surface area contributed by atoms with E-state index in [2.05, 4.69) is 22.2 Å². The van der Waals surface area contributed by atoms with Crippen LogP contribution in [0.2, 0.25) is 0 Å². The van der Waals surface area contributed by atoms with Gasteiger partial charge in [0.1, 0.15) is 5.82 Å². The number of rotatable bonds is 6. The van der Waals surface area contributed by atoms with Gasteiger partial charge in [0.2, 0.25) is 0 Å². The quantitative estimate of drug-likeness (QED) is 0.869. The molecule has 2 rings (SSSR count). The van der Waals surface area contributed by atoms with Gasteiger partial charge in [-0.1, -0.05) is 13.0 Å². The van der Waals surface area contributed by atoms with Crippen LogP contribution < -0.4 is 5.32 Å². The van der Waals surface area contributed by atoms with Gasteiger partial charge >= 0.3 is 0 Å². The molecule has 0 fully saturated rings. The van der Waals surface area contributed by atoms with Gasteiger partial charge in [0, 0.05) is 19.7 Å². The van der Waals surface area contributed by atoms with Crippen LogP contribution in [-0.2, 0) is 11.3 Å². The molecule has 18 heavy (non-hydrogen) atoms. The van der Waals surface area contributed by atoms with Crippen molar-refractivity contribution in [3.05, 3.63) is 29.3 Å². The van der Waals surface area contributed by atoms with Crippen LogP contribution in [0.5, 0.6) is 0 Å². The minimum Gasteiger partial charge on any atom is -0.378 e. The third-order valence-electron chi connectivity index (χ3n) is 2.37. The van der Waals surface area contributed by atoms with Gasteiger partial charge in [0.25, 0.3) is 0 Å². The molecule has 0 saturated carbocycles. The molecule has 2 aromatic heterocycles. The van der Waals surface area contributed by atoms with Crippen LogP contribution in [-0.4, -0.2) is 23.6 Å². The molecule has 0 radical (unpaired) electrons. The van der Waals surface area contributed by atoms with E-state index >= 15 is 0 Å². The highest BCUT2D eigenvalue weighted by Crippen LogP contribution is 2.23. The summed E-state index contributed by atoms with van der Waals surface area (Å²) in [6, 6.07) is 5.97. The van der Waals surface area contributed by atoms with Gasteiger partial charge in [0.05, 0.1) is 17.2 Å². The van der Waals surface area contributed by atoms with Gasteiger partial charge in [-0.05, 0) is 17.9 Å². The van der Waals surface area contributed by atoms with Crippen LogP contribution in [0.15, 0.2) is 23.6 Å². The Morgan fingerprint density at radius 3 is 2.94 bits per heavy atom. The largest absolute Gasteiger partial charge is 0.378 e. The molecule has 0 aliphatic rings. The van der Waals surface area contributed by atoms with Crippen molar-refractivity contribution < 1.29 is 4.74 Å². The van der Waals surface area contributed by atoms with Crippen molar-refractivity contribution in [3.63, 3.8) is 0 Å². The first-order valence-corrected chi connectivity index (χ1v) is 6.86. The summed E-state index contributed by atoms with van der Waals surface area (Å²) >= 11 is 1.64. The van der Waals surface area contributed by atoms with Gasteiger partial charge < -0.3 is 10.1 Å². The lowest BCUT2D eigenvalue weighted by Crippen LogP contribution is -2.05. The molecule has 4 nitrogen and oxygen atoms in total. The topological polar surface area (TPSA) is 47.0 Å². The van der Waals surface area contributed by atoms with E-state index in [-0.39, 0.29) is 0 Å². The van der Waals surface area contributed by atoms with E-state index < -0.39 is 0 Å². The van der Waals surface area contributed by atoms with Crippen molar-refractivity contribution in [1.29, 1.82) is 0 Å². The summed E-state index contributed by atoms with van der Waals surface area (Å²) in [5.41, 5.74) is 0.898. The van der Waals surface area contributed by atoms with E-state index in [0.29, 0.717) is 6.61 Å². The molecule has 0 saturated heterocycles. The van der Waals surface area contributed by atoms with Crippen molar-refractivity contribution in [1.82, 2.24) is 9.97 Å². The number of ether oxygens (including phenoxy) is 1. The van der Waals surface area contributed by atoms with Crippen molar-refractivity contribution in [2.24, 2.45) is 0 Å². The summed E-state index contributed by atoms with van der Waals surface area (Å²) in [6.45, 7) is 3.54. The first kappa shape index (κ1) is 13.0.